The predicted octanol–water partition coefficient (Wildman–Crippen LogP) is 3.34. The highest BCUT2D eigenvalue weighted by Gasteiger charge is 2.39. The predicted molar refractivity (Wildman–Crippen MR) is 93.3 cm³/mol. The van der Waals surface area contributed by atoms with Crippen molar-refractivity contribution in [3.63, 3.8) is 0 Å². The number of imide groups is 1. The Morgan fingerprint density at radius 3 is 2.28 bits per heavy atom. The maximum Gasteiger partial charge on any atom is 0.283 e. The minimum absolute atomic E-state index is 0.0284. The number of non-ortho nitro benzene ring substituents is 1. The third kappa shape index (κ3) is 2.97. The van der Waals surface area contributed by atoms with Crippen LogP contribution in [0.15, 0.2) is 59.3 Å². The van der Waals surface area contributed by atoms with E-state index in [1.807, 2.05) is 19.1 Å². The third-order valence-electron chi connectivity index (χ3n) is 3.75. The second-order valence-electron chi connectivity index (χ2n) is 5.35. The molecule has 0 saturated carbocycles. The van der Waals surface area contributed by atoms with Crippen molar-refractivity contribution in [1.29, 1.82) is 0 Å². The van der Waals surface area contributed by atoms with Crippen LogP contribution in [0.25, 0.3) is 0 Å². The van der Waals surface area contributed by atoms with Crippen LogP contribution in [0.3, 0.4) is 0 Å². The summed E-state index contributed by atoms with van der Waals surface area (Å²) in [5.74, 6) is -1.30. The first-order valence-corrected chi connectivity index (χ1v) is 7.63. The molecule has 1 heterocycles. The van der Waals surface area contributed by atoms with Crippen LogP contribution in [0.5, 0.6) is 0 Å². The van der Waals surface area contributed by atoms with Gasteiger partial charge in [0.15, 0.2) is 0 Å². The fourth-order valence-electron chi connectivity index (χ4n) is 2.42. The van der Waals surface area contributed by atoms with E-state index in [4.69, 9.17) is 11.6 Å². The van der Waals surface area contributed by atoms with Gasteiger partial charge in [0.25, 0.3) is 17.5 Å². The summed E-state index contributed by atoms with van der Waals surface area (Å²) in [5.41, 5.74) is 1.58. The van der Waals surface area contributed by atoms with E-state index < -0.39 is 16.7 Å². The fourth-order valence-corrected chi connectivity index (χ4v) is 2.63. The SMILES string of the molecule is Cc1ccccc1NC1=C(Cl)C(=O)N(c2ccc([N+](=O)[O-])cc2)C1=O. The Labute approximate surface area is 147 Å². The van der Waals surface area contributed by atoms with Gasteiger partial charge in [-0.25, -0.2) is 4.90 Å². The molecule has 0 bridgehead atoms. The number of amides is 2. The number of nitro groups is 1. The molecular weight excluding hydrogens is 346 g/mol. The molecule has 7 nitrogen and oxygen atoms in total. The highest BCUT2D eigenvalue weighted by molar-refractivity contribution is 6.53. The van der Waals surface area contributed by atoms with Crippen molar-refractivity contribution in [3.8, 4) is 0 Å². The molecule has 2 aromatic rings. The van der Waals surface area contributed by atoms with Crippen LogP contribution in [0.1, 0.15) is 5.56 Å². The van der Waals surface area contributed by atoms with Crippen molar-refractivity contribution in [2.45, 2.75) is 6.92 Å². The Morgan fingerprint density at radius 1 is 1.04 bits per heavy atom. The largest absolute Gasteiger partial charge is 0.349 e. The van der Waals surface area contributed by atoms with Crippen molar-refractivity contribution < 1.29 is 14.5 Å². The van der Waals surface area contributed by atoms with Crippen molar-refractivity contribution >= 4 is 40.5 Å². The van der Waals surface area contributed by atoms with Crippen molar-refractivity contribution in [1.82, 2.24) is 0 Å². The summed E-state index contributed by atoms with van der Waals surface area (Å²) in [5, 5.41) is 13.4. The van der Waals surface area contributed by atoms with Crippen LogP contribution in [0.2, 0.25) is 0 Å². The lowest BCUT2D eigenvalue weighted by Crippen LogP contribution is -2.32. The summed E-state index contributed by atoms with van der Waals surface area (Å²) >= 11 is 6.05. The van der Waals surface area contributed by atoms with Gasteiger partial charge >= 0.3 is 0 Å². The quantitative estimate of drug-likeness (QED) is 0.514. The molecule has 0 aromatic heterocycles. The number of nitrogens with zero attached hydrogens (tertiary/aromatic N) is 2. The molecule has 1 N–H and O–H groups in total. The van der Waals surface area contributed by atoms with Crippen LogP contribution in [0.4, 0.5) is 17.1 Å². The number of nitrogens with one attached hydrogen (secondary N) is 1. The molecule has 0 spiro atoms. The smallest absolute Gasteiger partial charge is 0.283 e. The van der Waals surface area contributed by atoms with E-state index >= 15 is 0 Å². The lowest BCUT2D eigenvalue weighted by molar-refractivity contribution is -0.384. The van der Waals surface area contributed by atoms with E-state index in [9.17, 15) is 19.7 Å². The first-order valence-electron chi connectivity index (χ1n) is 7.26. The van der Waals surface area contributed by atoms with Crippen molar-refractivity contribution in [3.05, 3.63) is 74.9 Å². The molecule has 1 aliphatic heterocycles. The molecule has 0 aliphatic carbocycles. The maximum absolute atomic E-state index is 12.6. The average molecular weight is 358 g/mol. The number of halogens is 1. The minimum atomic E-state index is -0.684. The monoisotopic (exact) mass is 357 g/mol. The number of aryl methyl sites for hydroxylation is 1. The van der Waals surface area contributed by atoms with Crippen LogP contribution < -0.4 is 10.2 Å². The Morgan fingerprint density at radius 2 is 1.68 bits per heavy atom. The number of para-hydroxylation sites is 1. The number of hydrogen-bond donors (Lipinski definition) is 1. The number of nitro benzene ring substituents is 1. The van der Waals surface area contributed by atoms with E-state index in [1.165, 1.54) is 24.3 Å². The molecule has 0 radical (unpaired) electrons. The number of carbonyl (C=O) groups is 2. The zero-order chi connectivity index (χ0) is 18.1. The highest BCUT2D eigenvalue weighted by Crippen LogP contribution is 2.31. The number of anilines is 2. The second kappa shape index (κ2) is 6.37. The van der Waals surface area contributed by atoms with Crippen LogP contribution in [-0.2, 0) is 9.59 Å². The molecule has 0 unspecified atom stereocenters. The lowest BCUT2D eigenvalue weighted by Gasteiger charge is -2.15. The molecule has 1 aliphatic rings. The summed E-state index contributed by atoms with van der Waals surface area (Å²) in [4.78, 5) is 36.0. The fraction of sp³-hybridized carbons (Fsp3) is 0.0588. The molecule has 2 amide bonds. The normalized spacial score (nSPS) is 14.2. The number of hydrogen-bond acceptors (Lipinski definition) is 5. The Bertz CT molecular complexity index is 922. The summed E-state index contributed by atoms with van der Waals surface area (Å²) in [6, 6.07) is 12.3. The zero-order valence-corrected chi connectivity index (χ0v) is 13.8. The molecule has 3 rings (SSSR count). The van der Waals surface area contributed by atoms with Gasteiger partial charge in [0, 0.05) is 17.8 Å². The van der Waals surface area contributed by atoms with Gasteiger partial charge in [-0.05, 0) is 30.7 Å². The van der Waals surface area contributed by atoms with E-state index in [1.54, 1.807) is 12.1 Å². The average Bonchev–Trinajstić information content (AvgIpc) is 2.80. The zero-order valence-electron chi connectivity index (χ0n) is 13.0. The van der Waals surface area contributed by atoms with E-state index in [-0.39, 0.29) is 22.1 Å². The Hall–Kier alpha value is -3.19. The van der Waals surface area contributed by atoms with Gasteiger partial charge in [-0.15, -0.1) is 0 Å². The van der Waals surface area contributed by atoms with Gasteiger partial charge in [-0.3, -0.25) is 19.7 Å². The minimum Gasteiger partial charge on any atom is -0.349 e. The van der Waals surface area contributed by atoms with Crippen LogP contribution >= 0.6 is 11.6 Å². The number of carbonyl (C=O) groups excluding carboxylic acids is 2. The summed E-state index contributed by atoms with van der Waals surface area (Å²) in [6.07, 6.45) is 0. The number of benzene rings is 2. The molecule has 25 heavy (non-hydrogen) atoms. The molecule has 0 saturated heterocycles. The van der Waals surface area contributed by atoms with E-state index in [0.29, 0.717) is 5.69 Å². The molecular formula is C17H12ClN3O4. The Kier molecular flexibility index (Phi) is 4.24. The maximum atomic E-state index is 12.6. The number of rotatable bonds is 4. The van der Waals surface area contributed by atoms with Gasteiger partial charge in [0.05, 0.1) is 10.6 Å². The first-order chi connectivity index (χ1) is 11.9. The first kappa shape index (κ1) is 16.7. The molecule has 2 aromatic carbocycles. The van der Waals surface area contributed by atoms with Crippen LogP contribution in [-0.4, -0.2) is 16.7 Å². The Balaban J connectivity index is 1.91. The van der Waals surface area contributed by atoms with Crippen molar-refractivity contribution in [2.75, 3.05) is 10.2 Å². The van der Waals surface area contributed by atoms with Gasteiger partial charge in [0.1, 0.15) is 10.7 Å². The van der Waals surface area contributed by atoms with Crippen molar-refractivity contribution in [2.24, 2.45) is 0 Å². The third-order valence-corrected chi connectivity index (χ3v) is 4.10. The van der Waals surface area contributed by atoms with E-state index in [0.717, 1.165) is 10.5 Å². The van der Waals surface area contributed by atoms with Gasteiger partial charge in [0.2, 0.25) is 0 Å². The topological polar surface area (TPSA) is 92.6 Å². The lowest BCUT2D eigenvalue weighted by atomic mass is 10.2. The second-order valence-corrected chi connectivity index (χ2v) is 5.73. The van der Waals surface area contributed by atoms with Gasteiger partial charge < -0.3 is 5.32 Å². The standard InChI is InChI=1S/C17H12ClN3O4/c1-10-4-2-3-5-13(10)19-15-14(18)16(22)20(17(15)23)11-6-8-12(9-7-11)21(24)25/h2-9,19H,1H3. The molecule has 8 heteroatoms. The molecule has 0 fully saturated rings. The summed E-state index contributed by atoms with van der Waals surface area (Å²) < 4.78 is 0. The van der Waals surface area contributed by atoms with Crippen LogP contribution in [0, 0.1) is 17.0 Å². The summed E-state index contributed by atoms with van der Waals surface area (Å²) in [6.45, 7) is 1.85. The summed E-state index contributed by atoms with van der Waals surface area (Å²) in [7, 11) is 0. The van der Waals surface area contributed by atoms with E-state index in [2.05, 4.69) is 5.32 Å². The molecule has 0 atom stereocenters. The molecule has 126 valence electrons. The highest BCUT2D eigenvalue weighted by atomic mass is 35.5. The van der Waals surface area contributed by atoms with Gasteiger partial charge in [-0.1, -0.05) is 29.8 Å². The van der Waals surface area contributed by atoms with Gasteiger partial charge in [-0.2, -0.15) is 0 Å².